The standard InChI is InChI=1S/C18H15BrClNO3/c19-13-5-8-16(15(20)11-13)24-18(23)10-12-3-6-14(7-4-12)21-9-1-2-17(21)22/h3-8,11H,1-2,9-10H2. The van der Waals surface area contributed by atoms with Gasteiger partial charge in [0, 0.05) is 23.1 Å². The summed E-state index contributed by atoms with van der Waals surface area (Å²) in [4.78, 5) is 25.6. The van der Waals surface area contributed by atoms with Crippen LogP contribution < -0.4 is 9.64 Å². The largest absolute Gasteiger partial charge is 0.425 e. The van der Waals surface area contributed by atoms with Gasteiger partial charge in [0.1, 0.15) is 5.75 Å². The highest BCUT2D eigenvalue weighted by molar-refractivity contribution is 9.10. The molecule has 1 amide bonds. The molecule has 2 aromatic rings. The molecule has 0 saturated carbocycles. The Labute approximate surface area is 153 Å². The molecule has 1 aliphatic rings. The van der Waals surface area contributed by atoms with Crippen LogP contribution in [0.4, 0.5) is 5.69 Å². The molecule has 0 aliphatic carbocycles. The molecule has 1 aliphatic heterocycles. The van der Waals surface area contributed by atoms with Crippen molar-refractivity contribution in [3.05, 3.63) is 57.5 Å². The first-order valence-electron chi connectivity index (χ1n) is 7.58. The third-order valence-electron chi connectivity index (χ3n) is 3.79. The van der Waals surface area contributed by atoms with Gasteiger partial charge >= 0.3 is 5.97 Å². The minimum Gasteiger partial charge on any atom is -0.425 e. The number of amides is 1. The van der Waals surface area contributed by atoms with Gasteiger partial charge in [-0.3, -0.25) is 9.59 Å². The average Bonchev–Trinajstić information content (AvgIpc) is 2.97. The number of anilines is 1. The Kier molecular flexibility index (Phi) is 5.21. The Morgan fingerprint density at radius 2 is 1.96 bits per heavy atom. The summed E-state index contributed by atoms with van der Waals surface area (Å²) in [5.74, 6) is 0.0976. The quantitative estimate of drug-likeness (QED) is 0.557. The first kappa shape index (κ1) is 17.0. The van der Waals surface area contributed by atoms with Crippen molar-refractivity contribution in [1.82, 2.24) is 0 Å². The lowest BCUT2D eigenvalue weighted by Gasteiger charge is -2.15. The molecule has 0 spiro atoms. The third kappa shape index (κ3) is 3.97. The van der Waals surface area contributed by atoms with Crippen molar-refractivity contribution in [3.63, 3.8) is 0 Å². The van der Waals surface area contributed by atoms with E-state index in [2.05, 4.69) is 15.9 Å². The molecule has 1 fully saturated rings. The normalized spacial score (nSPS) is 14.1. The number of nitrogens with zero attached hydrogens (tertiary/aromatic N) is 1. The van der Waals surface area contributed by atoms with Gasteiger partial charge in [0.05, 0.1) is 11.4 Å². The lowest BCUT2D eigenvalue weighted by atomic mass is 10.1. The number of esters is 1. The second kappa shape index (κ2) is 7.36. The van der Waals surface area contributed by atoms with Crippen LogP contribution in [0.3, 0.4) is 0 Å². The number of halogens is 2. The highest BCUT2D eigenvalue weighted by Gasteiger charge is 2.21. The van der Waals surface area contributed by atoms with Gasteiger partial charge in [0.25, 0.3) is 0 Å². The van der Waals surface area contributed by atoms with Crippen molar-refractivity contribution in [2.45, 2.75) is 19.3 Å². The van der Waals surface area contributed by atoms with E-state index in [4.69, 9.17) is 16.3 Å². The van der Waals surface area contributed by atoms with E-state index in [0.29, 0.717) is 17.2 Å². The van der Waals surface area contributed by atoms with Crippen LogP contribution in [0.1, 0.15) is 18.4 Å². The molecule has 0 atom stereocenters. The minimum atomic E-state index is -0.385. The molecule has 0 aromatic heterocycles. The average molecular weight is 409 g/mol. The monoisotopic (exact) mass is 407 g/mol. The lowest BCUT2D eigenvalue weighted by Crippen LogP contribution is -2.23. The maximum atomic E-state index is 12.1. The zero-order valence-corrected chi connectivity index (χ0v) is 15.1. The molecule has 6 heteroatoms. The van der Waals surface area contributed by atoms with Gasteiger partial charge in [-0.15, -0.1) is 0 Å². The van der Waals surface area contributed by atoms with E-state index in [1.165, 1.54) is 0 Å². The summed E-state index contributed by atoms with van der Waals surface area (Å²) in [5, 5.41) is 0.376. The molecular weight excluding hydrogens is 394 g/mol. The van der Waals surface area contributed by atoms with Crippen molar-refractivity contribution >= 4 is 45.1 Å². The van der Waals surface area contributed by atoms with Crippen LogP contribution in [0.5, 0.6) is 5.75 Å². The molecule has 2 aromatic carbocycles. The van der Waals surface area contributed by atoms with Gasteiger partial charge < -0.3 is 9.64 Å². The smallest absolute Gasteiger partial charge is 0.315 e. The number of rotatable bonds is 4. The SMILES string of the molecule is O=C(Cc1ccc(N2CCCC2=O)cc1)Oc1ccc(Br)cc1Cl. The Morgan fingerprint density at radius 1 is 1.21 bits per heavy atom. The number of carbonyl (C=O) groups excluding carboxylic acids is 2. The highest BCUT2D eigenvalue weighted by atomic mass is 79.9. The summed E-state index contributed by atoms with van der Waals surface area (Å²) >= 11 is 9.34. The first-order chi connectivity index (χ1) is 11.5. The van der Waals surface area contributed by atoms with E-state index in [1.54, 1.807) is 23.1 Å². The zero-order valence-electron chi connectivity index (χ0n) is 12.8. The van der Waals surface area contributed by atoms with Crippen LogP contribution in [0.2, 0.25) is 5.02 Å². The maximum Gasteiger partial charge on any atom is 0.315 e. The molecule has 1 saturated heterocycles. The minimum absolute atomic E-state index is 0.140. The van der Waals surface area contributed by atoms with Gasteiger partial charge in [-0.05, 0) is 42.3 Å². The summed E-state index contributed by atoms with van der Waals surface area (Å²) < 4.78 is 6.11. The van der Waals surface area contributed by atoms with Gasteiger partial charge in [-0.1, -0.05) is 39.7 Å². The van der Waals surface area contributed by atoms with E-state index < -0.39 is 0 Å². The summed E-state index contributed by atoms with van der Waals surface area (Å²) in [6.07, 6.45) is 1.63. The Bertz CT molecular complexity index is 776. The van der Waals surface area contributed by atoms with Gasteiger partial charge in [-0.2, -0.15) is 0 Å². The van der Waals surface area contributed by atoms with Crippen LogP contribution in [-0.2, 0) is 16.0 Å². The summed E-state index contributed by atoms with van der Waals surface area (Å²) in [7, 11) is 0. The second-order valence-electron chi connectivity index (χ2n) is 5.54. The molecule has 0 bridgehead atoms. The fourth-order valence-electron chi connectivity index (χ4n) is 2.60. The van der Waals surface area contributed by atoms with E-state index in [1.807, 2.05) is 24.3 Å². The Morgan fingerprint density at radius 3 is 2.58 bits per heavy atom. The van der Waals surface area contributed by atoms with Gasteiger partial charge in [0.15, 0.2) is 0 Å². The fraction of sp³-hybridized carbons (Fsp3) is 0.222. The molecular formula is C18H15BrClNO3. The molecule has 24 heavy (non-hydrogen) atoms. The van der Waals surface area contributed by atoms with Crippen LogP contribution in [0, 0.1) is 0 Å². The van der Waals surface area contributed by atoms with Crippen molar-refractivity contribution < 1.29 is 14.3 Å². The number of hydrogen-bond donors (Lipinski definition) is 0. The number of carbonyl (C=O) groups is 2. The topological polar surface area (TPSA) is 46.6 Å². The molecule has 4 nitrogen and oxygen atoms in total. The Balaban J connectivity index is 1.63. The van der Waals surface area contributed by atoms with Crippen molar-refractivity contribution in [1.29, 1.82) is 0 Å². The summed E-state index contributed by atoms with van der Waals surface area (Å²) in [6.45, 7) is 0.752. The van der Waals surface area contributed by atoms with Gasteiger partial charge in [0.2, 0.25) is 5.91 Å². The highest BCUT2D eigenvalue weighted by Crippen LogP contribution is 2.28. The predicted molar refractivity (Wildman–Crippen MR) is 96.5 cm³/mol. The molecule has 0 radical (unpaired) electrons. The van der Waals surface area contributed by atoms with Crippen LogP contribution in [0.25, 0.3) is 0 Å². The third-order valence-corrected chi connectivity index (χ3v) is 4.58. The van der Waals surface area contributed by atoms with Crippen molar-refractivity contribution in [3.8, 4) is 5.75 Å². The van der Waals surface area contributed by atoms with Crippen LogP contribution in [0.15, 0.2) is 46.9 Å². The molecule has 124 valence electrons. The second-order valence-corrected chi connectivity index (χ2v) is 6.86. The molecule has 0 N–H and O–H groups in total. The van der Waals surface area contributed by atoms with Crippen molar-refractivity contribution in [2.75, 3.05) is 11.4 Å². The molecule has 0 unspecified atom stereocenters. The Hall–Kier alpha value is -1.85. The molecule has 3 rings (SSSR count). The number of ether oxygens (including phenoxy) is 1. The van der Waals surface area contributed by atoms with Crippen LogP contribution in [-0.4, -0.2) is 18.4 Å². The molecule has 1 heterocycles. The van der Waals surface area contributed by atoms with E-state index in [-0.39, 0.29) is 18.3 Å². The fourth-order valence-corrected chi connectivity index (χ4v) is 3.31. The van der Waals surface area contributed by atoms with Gasteiger partial charge in [-0.25, -0.2) is 0 Å². The van der Waals surface area contributed by atoms with E-state index >= 15 is 0 Å². The first-order valence-corrected chi connectivity index (χ1v) is 8.75. The number of hydrogen-bond acceptors (Lipinski definition) is 3. The van der Waals surface area contributed by atoms with E-state index in [0.717, 1.165) is 28.7 Å². The van der Waals surface area contributed by atoms with Crippen LogP contribution >= 0.6 is 27.5 Å². The maximum absolute atomic E-state index is 12.1. The zero-order chi connectivity index (χ0) is 17.1. The summed E-state index contributed by atoms with van der Waals surface area (Å²) in [5.41, 5.74) is 1.69. The number of benzene rings is 2. The van der Waals surface area contributed by atoms with E-state index in [9.17, 15) is 9.59 Å². The predicted octanol–water partition coefficient (Wildman–Crippen LogP) is 4.38. The summed E-state index contributed by atoms with van der Waals surface area (Å²) in [6, 6.07) is 12.5. The van der Waals surface area contributed by atoms with Crippen molar-refractivity contribution in [2.24, 2.45) is 0 Å². The lowest BCUT2D eigenvalue weighted by molar-refractivity contribution is -0.133.